The highest BCUT2D eigenvalue weighted by Crippen LogP contribution is 2.39. The van der Waals surface area contributed by atoms with E-state index < -0.39 is 8.07 Å². The monoisotopic (exact) mass is 898 g/mol. The van der Waals surface area contributed by atoms with Gasteiger partial charge in [0.15, 0.2) is 25.5 Å². The minimum Gasteiger partial charge on any atom is -0.456 e. The molecule has 0 saturated carbocycles. The van der Waals surface area contributed by atoms with Crippen LogP contribution in [0.5, 0.6) is 0 Å². The third kappa shape index (κ3) is 6.72. The van der Waals surface area contributed by atoms with Gasteiger partial charge in [-0.25, -0.2) is 15.0 Å². The van der Waals surface area contributed by atoms with E-state index in [0.717, 1.165) is 66.5 Å². The van der Waals surface area contributed by atoms with Gasteiger partial charge in [0.2, 0.25) is 0 Å². The largest absolute Gasteiger partial charge is 0.456 e. The van der Waals surface area contributed by atoms with Crippen molar-refractivity contribution in [1.29, 1.82) is 0 Å². The smallest absolute Gasteiger partial charge is 0.179 e. The number of nitrogens with zero attached hydrogens (tertiary/aromatic N) is 4. The first-order valence-corrected chi connectivity index (χ1v) is 25.3. The predicted octanol–water partition coefficient (Wildman–Crippen LogP) is 12.9. The van der Waals surface area contributed by atoms with Crippen molar-refractivity contribution in [1.82, 2.24) is 19.5 Å². The second-order valence-electron chi connectivity index (χ2n) is 17.5. The Hall–Kier alpha value is -8.97. The van der Waals surface area contributed by atoms with E-state index >= 15 is 0 Å². The van der Waals surface area contributed by atoms with Crippen LogP contribution in [-0.2, 0) is 0 Å². The van der Waals surface area contributed by atoms with Gasteiger partial charge < -0.3 is 8.98 Å². The molecule has 0 unspecified atom stereocenters. The van der Waals surface area contributed by atoms with Crippen LogP contribution in [0, 0.1) is 0 Å². The summed E-state index contributed by atoms with van der Waals surface area (Å²) in [6.07, 6.45) is 0. The molecule has 3 aromatic heterocycles. The minimum absolute atomic E-state index is 0.581. The molecule has 13 rings (SSSR count). The molecule has 69 heavy (non-hydrogen) atoms. The number of rotatable bonds is 9. The molecule has 0 aliphatic heterocycles. The van der Waals surface area contributed by atoms with Crippen LogP contribution in [-0.4, -0.2) is 27.6 Å². The second-order valence-corrected chi connectivity index (χ2v) is 21.3. The summed E-state index contributed by atoms with van der Waals surface area (Å²) in [5.41, 5.74) is 9.63. The van der Waals surface area contributed by atoms with E-state index in [-0.39, 0.29) is 0 Å². The van der Waals surface area contributed by atoms with Crippen LogP contribution in [0.1, 0.15) is 0 Å². The highest BCUT2D eigenvalue weighted by molar-refractivity contribution is 7.19. The summed E-state index contributed by atoms with van der Waals surface area (Å²) in [6, 6.07) is 90.8. The Morgan fingerprint density at radius 2 is 0.739 bits per heavy atom. The summed E-state index contributed by atoms with van der Waals surface area (Å²) in [5, 5.41) is 9.79. The number of aromatic nitrogens is 4. The van der Waals surface area contributed by atoms with Crippen molar-refractivity contribution >= 4 is 72.6 Å². The zero-order chi connectivity index (χ0) is 45.7. The second kappa shape index (κ2) is 16.7. The molecule has 13 aromatic rings. The van der Waals surface area contributed by atoms with E-state index in [1.807, 2.05) is 12.1 Å². The van der Waals surface area contributed by atoms with Crippen LogP contribution in [0.25, 0.3) is 94.7 Å². The quantitative estimate of drug-likeness (QED) is 0.107. The average molecular weight is 899 g/mol. The number of hydrogen-bond donors (Lipinski definition) is 0. The molecule has 5 nitrogen and oxygen atoms in total. The molecule has 0 aliphatic carbocycles. The number of benzene rings is 10. The topological polar surface area (TPSA) is 56.7 Å². The number of fused-ring (bicyclic) bond motifs is 6. The van der Waals surface area contributed by atoms with Gasteiger partial charge >= 0.3 is 0 Å². The summed E-state index contributed by atoms with van der Waals surface area (Å²) in [7, 11) is -2.77. The SMILES string of the molecule is c1ccc([Si](c2ccccc2)(c2ccccc2)c2ccc(-c3nc(-c4ccccc4-c4ccc5c(c4)oc4ccccc45)nc(-c4ccccc4-n4c5ccccc5c5ccccc54)n3)cc2)cc1. The fraction of sp³-hybridized carbons (Fsp3) is 0. The molecule has 0 saturated heterocycles. The predicted molar refractivity (Wildman–Crippen MR) is 287 cm³/mol. The Labute approximate surface area is 400 Å². The van der Waals surface area contributed by atoms with Crippen LogP contribution in [0.4, 0.5) is 0 Å². The average Bonchev–Trinajstić information content (AvgIpc) is 3.97. The van der Waals surface area contributed by atoms with Crippen LogP contribution in [0.3, 0.4) is 0 Å². The first kappa shape index (κ1) is 40.3. The first-order valence-electron chi connectivity index (χ1n) is 23.3. The lowest BCUT2D eigenvalue weighted by molar-refractivity contribution is 0.669. The molecule has 0 spiro atoms. The van der Waals surface area contributed by atoms with Gasteiger partial charge in [0.25, 0.3) is 0 Å². The molecule has 10 aromatic carbocycles. The number of hydrogen-bond acceptors (Lipinski definition) is 4. The molecular weight excluding hydrogens is 857 g/mol. The Bertz CT molecular complexity index is 3860. The van der Waals surface area contributed by atoms with Crippen LogP contribution in [0.15, 0.2) is 259 Å². The first-order chi connectivity index (χ1) is 34.2. The van der Waals surface area contributed by atoms with Gasteiger partial charge in [-0.15, -0.1) is 0 Å². The van der Waals surface area contributed by atoms with Gasteiger partial charge in [-0.1, -0.05) is 212 Å². The summed E-state index contributed by atoms with van der Waals surface area (Å²) in [5.74, 6) is 1.76. The molecule has 0 amide bonds. The van der Waals surface area contributed by atoms with Crippen molar-refractivity contribution in [3.63, 3.8) is 0 Å². The zero-order valence-corrected chi connectivity index (χ0v) is 38.4. The minimum atomic E-state index is -2.77. The van der Waals surface area contributed by atoms with E-state index in [0.29, 0.717) is 17.5 Å². The van der Waals surface area contributed by atoms with E-state index in [2.05, 4.69) is 247 Å². The molecular formula is C63H42N4OSi. The lowest BCUT2D eigenvalue weighted by Gasteiger charge is -2.34. The lowest BCUT2D eigenvalue weighted by atomic mass is 9.98. The maximum absolute atomic E-state index is 6.40. The molecule has 0 radical (unpaired) electrons. The maximum atomic E-state index is 6.40. The number of para-hydroxylation sites is 4. The van der Waals surface area contributed by atoms with Crippen molar-refractivity contribution in [2.75, 3.05) is 0 Å². The fourth-order valence-electron chi connectivity index (χ4n) is 10.5. The summed E-state index contributed by atoms with van der Waals surface area (Å²) in [4.78, 5) is 16.3. The Morgan fingerprint density at radius 1 is 0.304 bits per heavy atom. The summed E-state index contributed by atoms with van der Waals surface area (Å²) in [6.45, 7) is 0. The van der Waals surface area contributed by atoms with Crippen molar-refractivity contribution in [2.24, 2.45) is 0 Å². The summed E-state index contributed by atoms with van der Waals surface area (Å²) >= 11 is 0. The van der Waals surface area contributed by atoms with Crippen LogP contribution >= 0.6 is 0 Å². The van der Waals surface area contributed by atoms with Gasteiger partial charge in [-0.2, -0.15) is 0 Å². The lowest BCUT2D eigenvalue weighted by Crippen LogP contribution is -2.74. The van der Waals surface area contributed by atoms with E-state index in [4.69, 9.17) is 19.4 Å². The zero-order valence-electron chi connectivity index (χ0n) is 37.4. The van der Waals surface area contributed by atoms with Gasteiger partial charge in [-0.05, 0) is 74.3 Å². The molecule has 0 N–H and O–H groups in total. The Balaban J connectivity index is 1.03. The van der Waals surface area contributed by atoms with Crippen molar-refractivity contribution in [3.05, 3.63) is 255 Å². The maximum Gasteiger partial charge on any atom is 0.179 e. The van der Waals surface area contributed by atoms with Gasteiger partial charge in [0.05, 0.1) is 16.7 Å². The third-order valence-corrected chi connectivity index (χ3v) is 18.5. The number of furan rings is 1. The molecule has 3 heterocycles. The highest BCUT2D eigenvalue weighted by Gasteiger charge is 2.41. The van der Waals surface area contributed by atoms with E-state index in [1.54, 1.807) is 0 Å². The van der Waals surface area contributed by atoms with Crippen molar-refractivity contribution in [3.8, 4) is 51.0 Å². The van der Waals surface area contributed by atoms with Crippen molar-refractivity contribution in [2.45, 2.75) is 0 Å². The molecule has 0 fully saturated rings. The Kier molecular flexibility index (Phi) is 9.77. The normalized spacial score (nSPS) is 11.8. The molecule has 0 bridgehead atoms. The summed E-state index contributed by atoms with van der Waals surface area (Å²) < 4.78 is 8.74. The Morgan fingerprint density at radius 3 is 1.36 bits per heavy atom. The molecule has 0 atom stereocenters. The van der Waals surface area contributed by atoms with Gasteiger partial charge in [0, 0.05) is 38.2 Å². The third-order valence-electron chi connectivity index (χ3n) is 13.7. The van der Waals surface area contributed by atoms with Gasteiger partial charge in [-0.3, -0.25) is 0 Å². The van der Waals surface area contributed by atoms with Crippen molar-refractivity contribution < 1.29 is 4.42 Å². The van der Waals surface area contributed by atoms with E-state index in [1.165, 1.54) is 31.5 Å². The highest BCUT2D eigenvalue weighted by atomic mass is 28.3. The molecule has 6 heteroatoms. The standard InChI is InChI=1S/C63H42N4OSi/c1-4-20-45(21-5-1)69(46-22-6-2-7-23-46,47-24-8-3-9-25-47)48-39-36-43(37-40-48)61-64-62(54-30-11-10-26-49(54)44-38-41-53-52-29-15-19-35-59(52)68-60(53)42-44)66-63(65-61)55-31-14-18-34-58(55)67-56-32-16-12-27-50(56)51-28-13-17-33-57(51)67/h1-42H. The van der Waals surface area contributed by atoms with Gasteiger partial charge in [0.1, 0.15) is 11.2 Å². The fourth-order valence-corrected chi connectivity index (χ4v) is 15.3. The molecule has 324 valence electrons. The van der Waals surface area contributed by atoms with Crippen LogP contribution in [0.2, 0.25) is 0 Å². The van der Waals surface area contributed by atoms with Crippen LogP contribution < -0.4 is 20.7 Å². The molecule has 0 aliphatic rings. The van der Waals surface area contributed by atoms with E-state index in [9.17, 15) is 0 Å².